The van der Waals surface area contributed by atoms with Crippen LogP contribution >= 0.6 is 11.3 Å². The Kier molecular flexibility index (Phi) is 7.45. The highest BCUT2D eigenvalue weighted by Crippen LogP contribution is 2.36. The second kappa shape index (κ2) is 10.5. The van der Waals surface area contributed by atoms with Crippen molar-refractivity contribution >= 4 is 23.4 Å². The van der Waals surface area contributed by atoms with Crippen molar-refractivity contribution in [2.24, 2.45) is 4.99 Å². The van der Waals surface area contributed by atoms with Gasteiger partial charge in [-0.25, -0.2) is 9.79 Å². The molecule has 0 unspecified atom stereocenters. The summed E-state index contributed by atoms with van der Waals surface area (Å²) in [6.45, 7) is 9.58. The van der Waals surface area contributed by atoms with E-state index in [-0.39, 0.29) is 18.3 Å². The predicted molar refractivity (Wildman–Crippen MR) is 140 cm³/mol. The van der Waals surface area contributed by atoms with Gasteiger partial charge in [-0.15, -0.1) is 0 Å². The fourth-order valence-corrected chi connectivity index (χ4v) is 5.28. The summed E-state index contributed by atoms with van der Waals surface area (Å²) in [5.41, 5.74) is 3.15. The maximum absolute atomic E-state index is 13.8. The minimum absolute atomic E-state index is 0.0883. The molecule has 1 atom stereocenters. The largest absolute Gasteiger partial charge is 0.496 e. The minimum Gasteiger partial charge on any atom is -0.496 e. The Morgan fingerprint density at radius 3 is 2.61 bits per heavy atom. The van der Waals surface area contributed by atoms with E-state index in [4.69, 9.17) is 14.2 Å². The number of allylic oxidation sites excluding steroid dienone is 1. The molecular formula is C28H30N2O5S. The van der Waals surface area contributed by atoms with Crippen molar-refractivity contribution in [1.82, 2.24) is 4.57 Å². The molecule has 8 heteroatoms. The Morgan fingerprint density at radius 1 is 1.17 bits per heavy atom. The first kappa shape index (κ1) is 25.4. The third kappa shape index (κ3) is 4.86. The van der Waals surface area contributed by atoms with Gasteiger partial charge in [0.25, 0.3) is 5.56 Å². The number of thiazole rings is 1. The van der Waals surface area contributed by atoms with Crippen LogP contribution in [0.4, 0.5) is 0 Å². The second-order valence-electron chi connectivity index (χ2n) is 8.74. The number of methoxy groups -OCH3 is 1. The summed E-state index contributed by atoms with van der Waals surface area (Å²) in [4.78, 5) is 32.1. The quantitative estimate of drug-likeness (QED) is 0.454. The lowest BCUT2D eigenvalue weighted by Gasteiger charge is -2.26. The van der Waals surface area contributed by atoms with Crippen molar-refractivity contribution in [3.8, 4) is 11.5 Å². The number of hydrogen-bond donors (Lipinski definition) is 0. The van der Waals surface area contributed by atoms with Gasteiger partial charge < -0.3 is 14.2 Å². The maximum atomic E-state index is 13.8. The second-order valence-corrected chi connectivity index (χ2v) is 9.74. The molecule has 1 aliphatic heterocycles. The summed E-state index contributed by atoms with van der Waals surface area (Å²) < 4.78 is 19.0. The molecule has 0 amide bonds. The van der Waals surface area contributed by atoms with E-state index in [0.717, 1.165) is 16.9 Å². The van der Waals surface area contributed by atoms with Crippen molar-refractivity contribution in [2.45, 2.75) is 46.8 Å². The van der Waals surface area contributed by atoms with E-state index in [1.165, 1.54) is 11.3 Å². The number of carbonyl (C=O) groups excluding carboxylic acids is 1. The van der Waals surface area contributed by atoms with E-state index in [9.17, 15) is 9.59 Å². The number of rotatable bonds is 7. The highest BCUT2D eigenvalue weighted by molar-refractivity contribution is 7.07. The lowest BCUT2D eigenvalue weighted by Crippen LogP contribution is -2.40. The number of aryl methyl sites for hydroxylation is 1. The van der Waals surface area contributed by atoms with Gasteiger partial charge >= 0.3 is 5.97 Å². The summed E-state index contributed by atoms with van der Waals surface area (Å²) in [7, 11) is 1.62. The first-order chi connectivity index (χ1) is 17.2. The smallest absolute Gasteiger partial charge is 0.338 e. The molecule has 0 saturated carbocycles. The van der Waals surface area contributed by atoms with Gasteiger partial charge in [0.05, 0.1) is 35.6 Å². The van der Waals surface area contributed by atoms with Gasteiger partial charge in [-0.3, -0.25) is 9.36 Å². The molecule has 2 heterocycles. The number of esters is 1. The standard InChI is InChI=1S/C28H30N2O5S/c1-7-34-27(32)24-18(5)29-28-30(25(24)20-10-8-9-11-21(20)35-16(2)3)26(31)23(36-28)15-19-13-12-17(4)22(14-19)33-6/h8-16,25H,7H2,1-6H3/b23-15-/t25-/m1/s1. The summed E-state index contributed by atoms with van der Waals surface area (Å²) in [6, 6.07) is 12.5. The van der Waals surface area contributed by atoms with E-state index in [2.05, 4.69) is 4.99 Å². The molecule has 0 fully saturated rings. The monoisotopic (exact) mass is 506 g/mol. The first-order valence-corrected chi connectivity index (χ1v) is 12.7. The average molecular weight is 507 g/mol. The van der Waals surface area contributed by atoms with Crippen molar-refractivity contribution in [1.29, 1.82) is 0 Å². The van der Waals surface area contributed by atoms with Crippen LogP contribution in [0.1, 0.15) is 50.4 Å². The number of fused-ring (bicyclic) bond motifs is 1. The highest BCUT2D eigenvalue weighted by Gasteiger charge is 2.35. The van der Waals surface area contributed by atoms with Crippen LogP contribution in [0.5, 0.6) is 11.5 Å². The molecule has 0 spiro atoms. The molecule has 1 aromatic heterocycles. The lowest BCUT2D eigenvalue weighted by molar-refractivity contribution is -0.139. The zero-order valence-electron chi connectivity index (χ0n) is 21.3. The third-order valence-electron chi connectivity index (χ3n) is 5.82. The van der Waals surface area contributed by atoms with Gasteiger partial charge in [0.2, 0.25) is 0 Å². The van der Waals surface area contributed by atoms with E-state index in [1.807, 2.05) is 69.3 Å². The molecule has 0 aliphatic carbocycles. The van der Waals surface area contributed by atoms with Crippen molar-refractivity contribution in [3.05, 3.63) is 90.1 Å². The van der Waals surface area contributed by atoms with Crippen molar-refractivity contribution in [3.63, 3.8) is 0 Å². The molecule has 0 saturated heterocycles. The van der Waals surface area contributed by atoms with Crippen molar-refractivity contribution in [2.75, 3.05) is 13.7 Å². The molecule has 2 aromatic carbocycles. The number of ether oxygens (including phenoxy) is 3. The molecule has 188 valence electrons. The Hall–Kier alpha value is -3.65. The Bertz CT molecular complexity index is 1510. The van der Waals surface area contributed by atoms with E-state index < -0.39 is 12.0 Å². The Labute approximate surface area is 214 Å². The summed E-state index contributed by atoms with van der Waals surface area (Å²) in [5, 5.41) is 0. The van der Waals surface area contributed by atoms with Crippen LogP contribution in [0.2, 0.25) is 0 Å². The zero-order valence-corrected chi connectivity index (χ0v) is 22.1. The van der Waals surface area contributed by atoms with Crippen LogP contribution in [0.3, 0.4) is 0 Å². The molecule has 1 aliphatic rings. The number of carbonyl (C=O) groups is 1. The number of nitrogens with zero attached hydrogens (tertiary/aromatic N) is 2. The molecule has 7 nitrogen and oxygen atoms in total. The Morgan fingerprint density at radius 2 is 1.92 bits per heavy atom. The molecule has 36 heavy (non-hydrogen) atoms. The van der Waals surface area contributed by atoms with Gasteiger partial charge in [0.15, 0.2) is 4.80 Å². The predicted octanol–water partition coefficient (Wildman–Crippen LogP) is 3.90. The van der Waals surface area contributed by atoms with Crippen LogP contribution in [-0.2, 0) is 9.53 Å². The number of aromatic nitrogens is 1. The fourth-order valence-electron chi connectivity index (χ4n) is 4.23. The lowest BCUT2D eigenvalue weighted by atomic mass is 9.95. The molecule has 0 N–H and O–H groups in total. The van der Waals surface area contributed by atoms with Gasteiger partial charge in [-0.1, -0.05) is 41.7 Å². The molecule has 4 rings (SSSR count). The third-order valence-corrected chi connectivity index (χ3v) is 6.81. The van der Waals surface area contributed by atoms with Gasteiger partial charge in [-0.05, 0) is 64.0 Å². The first-order valence-electron chi connectivity index (χ1n) is 11.8. The van der Waals surface area contributed by atoms with E-state index in [1.54, 1.807) is 25.5 Å². The van der Waals surface area contributed by atoms with Crippen LogP contribution in [0.15, 0.2) is 63.5 Å². The van der Waals surface area contributed by atoms with Gasteiger partial charge in [0, 0.05) is 5.56 Å². The van der Waals surface area contributed by atoms with Crippen LogP contribution in [0, 0.1) is 6.92 Å². The van der Waals surface area contributed by atoms with Crippen molar-refractivity contribution < 1.29 is 19.0 Å². The molecule has 3 aromatic rings. The zero-order chi connectivity index (χ0) is 26.0. The van der Waals surface area contributed by atoms with Crippen LogP contribution in [0.25, 0.3) is 6.08 Å². The van der Waals surface area contributed by atoms with Crippen LogP contribution < -0.4 is 24.4 Å². The highest BCUT2D eigenvalue weighted by atomic mass is 32.1. The molecule has 0 radical (unpaired) electrons. The summed E-state index contributed by atoms with van der Waals surface area (Å²) in [6.07, 6.45) is 1.73. The summed E-state index contributed by atoms with van der Waals surface area (Å²) in [5.74, 6) is 0.849. The van der Waals surface area contributed by atoms with Gasteiger partial charge in [-0.2, -0.15) is 0 Å². The minimum atomic E-state index is -0.732. The normalized spacial score (nSPS) is 15.5. The fraction of sp³-hybridized carbons (Fsp3) is 0.321. The summed E-state index contributed by atoms with van der Waals surface area (Å²) >= 11 is 1.28. The average Bonchev–Trinajstić information content (AvgIpc) is 3.14. The number of para-hydroxylation sites is 1. The SMILES string of the molecule is CCOC(=O)C1=C(C)N=c2s/c(=C\c3ccc(C)c(OC)c3)c(=O)n2[C@@H]1c1ccccc1OC(C)C. The topological polar surface area (TPSA) is 79.1 Å². The Balaban J connectivity index is 1.97. The maximum Gasteiger partial charge on any atom is 0.338 e. The number of benzene rings is 2. The van der Waals surface area contributed by atoms with Gasteiger partial charge in [0.1, 0.15) is 17.5 Å². The molecular weight excluding hydrogens is 476 g/mol. The number of hydrogen-bond acceptors (Lipinski definition) is 7. The van der Waals surface area contributed by atoms with E-state index in [0.29, 0.717) is 31.9 Å². The van der Waals surface area contributed by atoms with E-state index >= 15 is 0 Å². The molecule has 0 bridgehead atoms. The van der Waals surface area contributed by atoms with Crippen LogP contribution in [-0.4, -0.2) is 30.4 Å².